The fourth-order valence-electron chi connectivity index (χ4n) is 4.77. The van der Waals surface area contributed by atoms with Gasteiger partial charge in [-0.2, -0.15) is 9.78 Å². The van der Waals surface area contributed by atoms with Gasteiger partial charge in [-0.15, -0.1) is 0 Å². The van der Waals surface area contributed by atoms with E-state index in [-0.39, 0.29) is 11.8 Å². The monoisotopic (exact) mass is 473 g/mol. The maximum Gasteiger partial charge on any atom is 0.226 e. The topological polar surface area (TPSA) is 111 Å². The summed E-state index contributed by atoms with van der Waals surface area (Å²) in [5.41, 5.74) is 4.12. The number of imidazole rings is 1. The summed E-state index contributed by atoms with van der Waals surface area (Å²) >= 11 is 0. The zero-order valence-corrected chi connectivity index (χ0v) is 20.3. The third-order valence-electron chi connectivity index (χ3n) is 6.56. The first-order valence-corrected chi connectivity index (χ1v) is 12.4. The van der Waals surface area contributed by atoms with Crippen LogP contribution in [0, 0.1) is 6.92 Å². The van der Waals surface area contributed by atoms with Crippen LogP contribution in [0.25, 0.3) is 17.0 Å². The normalized spacial score (nSPS) is 15.3. The SMILES string of the molecule is CCCCCCCCOc1ccc([C@H]2CC(=O)Nc3c2c(C)nn3-c2ncnc3nc[nH]c23)cc1. The second kappa shape index (κ2) is 10.2. The summed E-state index contributed by atoms with van der Waals surface area (Å²) in [6.45, 7) is 4.93. The van der Waals surface area contributed by atoms with Crippen molar-refractivity contribution in [2.24, 2.45) is 0 Å². The fraction of sp³-hybridized carbons (Fsp3) is 0.423. The Morgan fingerprint density at radius 2 is 1.86 bits per heavy atom. The van der Waals surface area contributed by atoms with Crippen LogP contribution in [0.1, 0.15) is 74.6 Å². The Morgan fingerprint density at radius 3 is 2.69 bits per heavy atom. The number of aryl methyl sites for hydroxylation is 1. The molecule has 0 fully saturated rings. The summed E-state index contributed by atoms with van der Waals surface area (Å²) in [6, 6.07) is 8.10. The van der Waals surface area contributed by atoms with Gasteiger partial charge >= 0.3 is 0 Å². The summed E-state index contributed by atoms with van der Waals surface area (Å²) in [7, 11) is 0. The molecular formula is C26H31N7O2. The number of amides is 1. The minimum absolute atomic E-state index is 0.0537. The highest BCUT2D eigenvalue weighted by Crippen LogP contribution is 2.40. The molecule has 1 amide bonds. The van der Waals surface area contributed by atoms with Crippen LogP contribution in [-0.4, -0.2) is 42.2 Å². The molecule has 0 aliphatic carbocycles. The highest BCUT2D eigenvalue weighted by atomic mass is 16.5. The van der Waals surface area contributed by atoms with Crippen molar-refractivity contribution in [2.45, 2.75) is 64.7 Å². The zero-order valence-electron chi connectivity index (χ0n) is 20.3. The molecule has 0 bridgehead atoms. The number of aromatic amines is 1. The number of carbonyl (C=O) groups is 1. The Labute approximate surface area is 204 Å². The minimum Gasteiger partial charge on any atom is -0.494 e. The van der Waals surface area contributed by atoms with Crippen LogP contribution in [0.4, 0.5) is 5.82 Å². The van der Waals surface area contributed by atoms with E-state index in [4.69, 9.17) is 9.84 Å². The molecule has 2 N–H and O–H groups in total. The van der Waals surface area contributed by atoms with Gasteiger partial charge in [-0.25, -0.2) is 15.0 Å². The smallest absolute Gasteiger partial charge is 0.226 e. The van der Waals surface area contributed by atoms with Crippen molar-refractivity contribution >= 4 is 22.9 Å². The van der Waals surface area contributed by atoms with Gasteiger partial charge in [0.05, 0.1) is 18.6 Å². The van der Waals surface area contributed by atoms with E-state index >= 15 is 0 Å². The third kappa shape index (κ3) is 4.76. The predicted octanol–water partition coefficient (Wildman–Crippen LogP) is 5.06. The Kier molecular flexibility index (Phi) is 6.74. The Bertz CT molecular complexity index is 1310. The van der Waals surface area contributed by atoms with Crippen molar-refractivity contribution in [3.8, 4) is 11.6 Å². The standard InChI is InChI=1S/C26H31N7O2/c1-3-4-5-6-7-8-13-35-19-11-9-18(10-12-19)20-14-21(34)31-25-22(20)17(2)32-33(25)26-23-24(28-15-27-23)29-16-30-26/h9-12,15-16,20H,3-8,13-14H2,1-2H3,(H,31,34)(H,27,28,29,30)/t20-/m1/s1. The first-order chi connectivity index (χ1) is 17.2. The average molecular weight is 474 g/mol. The maximum atomic E-state index is 12.7. The number of hydrogen-bond donors (Lipinski definition) is 2. The number of H-pyrrole nitrogens is 1. The van der Waals surface area contributed by atoms with Crippen LogP contribution in [0.3, 0.4) is 0 Å². The van der Waals surface area contributed by atoms with Crippen LogP contribution in [-0.2, 0) is 4.79 Å². The molecule has 0 unspecified atom stereocenters. The van der Waals surface area contributed by atoms with E-state index in [2.05, 4.69) is 44.3 Å². The molecule has 9 heteroatoms. The van der Waals surface area contributed by atoms with Gasteiger partial charge in [-0.1, -0.05) is 51.2 Å². The molecule has 1 aliphatic rings. The first-order valence-electron chi connectivity index (χ1n) is 12.4. The number of anilines is 1. The number of carbonyl (C=O) groups excluding carboxylic acids is 1. The number of ether oxygens (including phenoxy) is 1. The number of rotatable bonds is 10. The van der Waals surface area contributed by atoms with Gasteiger partial charge in [-0.05, 0) is 31.0 Å². The predicted molar refractivity (Wildman–Crippen MR) is 134 cm³/mol. The van der Waals surface area contributed by atoms with Crippen molar-refractivity contribution in [2.75, 3.05) is 11.9 Å². The van der Waals surface area contributed by atoms with Gasteiger partial charge < -0.3 is 15.0 Å². The molecular weight excluding hydrogens is 442 g/mol. The molecule has 4 heterocycles. The molecule has 35 heavy (non-hydrogen) atoms. The number of nitrogens with zero attached hydrogens (tertiary/aromatic N) is 5. The van der Waals surface area contributed by atoms with Gasteiger partial charge in [-0.3, -0.25) is 4.79 Å². The van der Waals surface area contributed by atoms with Crippen molar-refractivity contribution < 1.29 is 9.53 Å². The second-order valence-electron chi connectivity index (χ2n) is 9.05. The summed E-state index contributed by atoms with van der Waals surface area (Å²) in [6.07, 6.45) is 10.8. The molecule has 0 radical (unpaired) electrons. The molecule has 1 atom stereocenters. The van der Waals surface area contributed by atoms with Crippen LogP contribution >= 0.6 is 0 Å². The summed E-state index contributed by atoms with van der Waals surface area (Å²) in [4.78, 5) is 28.6. The Balaban J connectivity index is 1.35. The van der Waals surface area contributed by atoms with Crippen LogP contribution in [0.15, 0.2) is 36.9 Å². The second-order valence-corrected chi connectivity index (χ2v) is 9.05. The lowest BCUT2D eigenvalue weighted by atomic mass is 9.86. The highest BCUT2D eigenvalue weighted by Gasteiger charge is 2.33. The minimum atomic E-state index is -0.0980. The van der Waals surface area contributed by atoms with Gasteiger partial charge in [0, 0.05) is 17.9 Å². The van der Waals surface area contributed by atoms with E-state index in [0.29, 0.717) is 29.2 Å². The summed E-state index contributed by atoms with van der Waals surface area (Å²) in [5, 5.41) is 7.75. The van der Waals surface area contributed by atoms with Gasteiger partial charge in [0.2, 0.25) is 5.91 Å². The molecule has 5 rings (SSSR count). The number of aromatic nitrogens is 6. The third-order valence-corrected chi connectivity index (χ3v) is 6.56. The Hall–Kier alpha value is -3.75. The van der Waals surface area contributed by atoms with E-state index in [1.165, 1.54) is 38.4 Å². The van der Waals surface area contributed by atoms with Crippen molar-refractivity contribution in [3.63, 3.8) is 0 Å². The van der Waals surface area contributed by atoms with Gasteiger partial charge in [0.15, 0.2) is 11.5 Å². The molecule has 0 spiro atoms. The highest BCUT2D eigenvalue weighted by molar-refractivity contribution is 5.95. The first kappa shape index (κ1) is 23.0. The van der Waals surface area contributed by atoms with E-state index in [1.807, 2.05) is 19.1 Å². The quantitative estimate of drug-likeness (QED) is 0.312. The average Bonchev–Trinajstić information content (AvgIpc) is 3.48. The van der Waals surface area contributed by atoms with Gasteiger partial charge in [0.1, 0.15) is 23.4 Å². The summed E-state index contributed by atoms with van der Waals surface area (Å²) in [5.74, 6) is 1.90. The fourth-order valence-corrected chi connectivity index (χ4v) is 4.77. The lowest BCUT2D eigenvalue weighted by Gasteiger charge is -2.24. The maximum absolute atomic E-state index is 12.7. The number of nitrogens with one attached hydrogen (secondary N) is 2. The molecule has 3 aromatic heterocycles. The molecule has 4 aromatic rings. The lowest BCUT2D eigenvalue weighted by Crippen LogP contribution is -2.25. The van der Waals surface area contributed by atoms with Crippen molar-refractivity contribution in [3.05, 3.63) is 53.7 Å². The van der Waals surface area contributed by atoms with Crippen LogP contribution in [0.2, 0.25) is 0 Å². The van der Waals surface area contributed by atoms with E-state index < -0.39 is 0 Å². The van der Waals surface area contributed by atoms with E-state index in [1.54, 1.807) is 11.0 Å². The molecule has 1 aromatic carbocycles. The van der Waals surface area contributed by atoms with E-state index in [9.17, 15) is 4.79 Å². The van der Waals surface area contributed by atoms with Gasteiger partial charge in [0.25, 0.3) is 0 Å². The molecule has 0 saturated carbocycles. The molecule has 9 nitrogen and oxygen atoms in total. The molecule has 1 aliphatic heterocycles. The van der Waals surface area contributed by atoms with Crippen molar-refractivity contribution in [1.82, 2.24) is 29.7 Å². The molecule has 182 valence electrons. The van der Waals surface area contributed by atoms with Crippen LogP contribution in [0.5, 0.6) is 5.75 Å². The van der Waals surface area contributed by atoms with Crippen LogP contribution < -0.4 is 10.1 Å². The number of hydrogen-bond acceptors (Lipinski definition) is 6. The lowest BCUT2D eigenvalue weighted by molar-refractivity contribution is -0.116. The number of benzene rings is 1. The largest absolute Gasteiger partial charge is 0.494 e. The van der Waals surface area contributed by atoms with E-state index in [0.717, 1.165) is 35.6 Å². The zero-order chi connectivity index (χ0) is 24.2. The number of unbranched alkanes of at least 4 members (excludes halogenated alkanes) is 5. The van der Waals surface area contributed by atoms with Crippen molar-refractivity contribution in [1.29, 1.82) is 0 Å². The molecule has 0 saturated heterocycles. The number of fused-ring (bicyclic) bond motifs is 2. The Morgan fingerprint density at radius 1 is 1.06 bits per heavy atom. The summed E-state index contributed by atoms with van der Waals surface area (Å²) < 4.78 is 7.62.